The molecule has 1 saturated carbocycles. The quantitative estimate of drug-likeness (QED) is 0.727. The second-order valence-corrected chi connectivity index (χ2v) is 7.69. The lowest BCUT2D eigenvalue weighted by Crippen LogP contribution is -2.21. The lowest BCUT2D eigenvalue weighted by atomic mass is 10.1. The highest BCUT2D eigenvalue weighted by atomic mass is 32.2. The Morgan fingerprint density at radius 3 is 2.52 bits per heavy atom. The van der Waals surface area contributed by atoms with E-state index in [9.17, 15) is 18.0 Å². The molecule has 1 saturated heterocycles. The van der Waals surface area contributed by atoms with Crippen molar-refractivity contribution in [2.24, 2.45) is 7.05 Å². The van der Waals surface area contributed by atoms with Crippen LogP contribution in [-0.2, 0) is 18.0 Å². The van der Waals surface area contributed by atoms with Crippen LogP contribution in [0.2, 0.25) is 0 Å². The normalized spacial score (nSPS) is 16.3. The molecule has 10 heteroatoms. The molecule has 1 aliphatic heterocycles. The number of rotatable bonds is 4. The minimum atomic E-state index is -4.62. The molecule has 0 radical (unpaired) electrons. The van der Waals surface area contributed by atoms with Crippen LogP contribution in [0.25, 0.3) is 0 Å². The third-order valence-electron chi connectivity index (χ3n) is 4.57. The van der Waals surface area contributed by atoms with E-state index in [2.05, 4.69) is 15.4 Å². The molecular weight excluding hydrogens is 405 g/mol. The number of hydrogen-bond acceptors (Lipinski definition) is 5. The van der Waals surface area contributed by atoms with Gasteiger partial charge in [-0.2, -0.15) is 18.3 Å². The molecule has 0 aromatic carbocycles. The Morgan fingerprint density at radius 1 is 1.31 bits per heavy atom. The average Bonchev–Trinajstić information content (AvgIpc) is 3.18. The highest BCUT2D eigenvalue weighted by Crippen LogP contribution is 2.46. The molecule has 4 rings (SSSR count). The molecule has 29 heavy (non-hydrogen) atoms. The van der Waals surface area contributed by atoms with Crippen molar-refractivity contribution in [3.8, 4) is 0 Å². The van der Waals surface area contributed by atoms with Gasteiger partial charge in [-0.25, -0.2) is 4.98 Å². The predicted octanol–water partition coefficient (Wildman–Crippen LogP) is 4.48. The zero-order valence-electron chi connectivity index (χ0n) is 16.3. The average molecular weight is 428 g/mol. The van der Waals surface area contributed by atoms with Crippen molar-refractivity contribution in [1.82, 2.24) is 14.8 Å². The molecule has 0 spiro atoms. The van der Waals surface area contributed by atoms with Crippen molar-refractivity contribution in [2.75, 3.05) is 24.8 Å². The number of nitrogens with zero attached hydrogens (tertiary/aromatic N) is 3. The van der Waals surface area contributed by atoms with Gasteiger partial charge in [-0.3, -0.25) is 9.48 Å². The molecule has 0 bridgehead atoms. The second-order valence-electron chi connectivity index (χ2n) is 6.86. The molecule has 0 atom stereocenters. The van der Waals surface area contributed by atoms with Crippen LogP contribution in [0, 0.1) is 0 Å². The van der Waals surface area contributed by atoms with Crippen LogP contribution in [0.4, 0.5) is 18.9 Å². The number of anilines is 1. The number of hydrogen-bond donors (Lipinski definition) is 1. The minimum absolute atomic E-state index is 0.0327. The van der Waals surface area contributed by atoms with Crippen LogP contribution in [0.5, 0.6) is 0 Å². The third kappa shape index (κ3) is 5.51. The van der Waals surface area contributed by atoms with E-state index in [0.29, 0.717) is 23.6 Å². The maximum atomic E-state index is 13.5. The lowest BCUT2D eigenvalue weighted by molar-refractivity contribution is -0.138. The highest BCUT2D eigenvalue weighted by Gasteiger charge is 2.45. The SMILES string of the molecule is C1CCOC1.CSc1cc(NC(=O)c2c(C(F)(F)F)c(C3CC3)nn2C)ccn1. The van der Waals surface area contributed by atoms with Gasteiger partial charge in [0, 0.05) is 38.1 Å². The molecule has 3 heterocycles. The number of amides is 1. The van der Waals surface area contributed by atoms with E-state index in [1.54, 1.807) is 6.07 Å². The number of thioether (sulfide) groups is 1. The maximum Gasteiger partial charge on any atom is 0.420 e. The van der Waals surface area contributed by atoms with E-state index < -0.39 is 23.3 Å². The summed E-state index contributed by atoms with van der Waals surface area (Å²) in [5, 5.41) is 7.12. The Bertz CT molecular complexity index is 854. The van der Waals surface area contributed by atoms with Crippen molar-refractivity contribution >= 4 is 23.4 Å². The number of halogens is 3. The number of alkyl halides is 3. The minimum Gasteiger partial charge on any atom is -0.381 e. The number of aryl methyl sites for hydroxylation is 1. The van der Waals surface area contributed by atoms with E-state index in [0.717, 1.165) is 17.9 Å². The number of ether oxygens (including phenoxy) is 1. The van der Waals surface area contributed by atoms with E-state index in [4.69, 9.17) is 4.74 Å². The Hall–Kier alpha value is -2.07. The van der Waals surface area contributed by atoms with Gasteiger partial charge in [0.2, 0.25) is 0 Å². The molecule has 2 aliphatic rings. The molecule has 2 fully saturated rings. The monoisotopic (exact) mass is 428 g/mol. The second kappa shape index (κ2) is 9.17. The molecule has 6 nitrogen and oxygen atoms in total. The predicted molar refractivity (Wildman–Crippen MR) is 104 cm³/mol. The topological polar surface area (TPSA) is 69.0 Å². The summed E-state index contributed by atoms with van der Waals surface area (Å²) in [7, 11) is 1.36. The highest BCUT2D eigenvalue weighted by molar-refractivity contribution is 7.98. The van der Waals surface area contributed by atoms with Gasteiger partial charge in [0.15, 0.2) is 0 Å². The fourth-order valence-electron chi connectivity index (χ4n) is 3.03. The number of pyridine rings is 1. The van der Waals surface area contributed by atoms with E-state index in [-0.39, 0.29) is 11.6 Å². The zero-order chi connectivity index (χ0) is 21.0. The summed E-state index contributed by atoms with van der Waals surface area (Å²) in [5.74, 6) is -1.04. The molecule has 1 aliphatic carbocycles. The molecule has 1 amide bonds. The van der Waals surface area contributed by atoms with Gasteiger partial charge in [-0.1, -0.05) is 0 Å². The van der Waals surface area contributed by atoms with Crippen LogP contribution in [-0.4, -0.2) is 40.1 Å². The van der Waals surface area contributed by atoms with Gasteiger partial charge in [-0.05, 0) is 44.1 Å². The Balaban J connectivity index is 0.000000419. The molecule has 158 valence electrons. The van der Waals surface area contributed by atoms with Crippen LogP contribution < -0.4 is 5.32 Å². The summed E-state index contributed by atoms with van der Waals surface area (Å²) >= 11 is 1.37. The van der Waals surface area contributed by atoms with E-state index in [1.807, 2.05) is 6.26 Å². The number of nitrogens with one attached hydrogen (secondary N) is 1. The largest absolute Gasteiger partial charge is 0.420 e. The van der Waals surface area contributed by atoms with Crippen LogP contribution in [0.15, 0.2) is 23.4 Å². The van der Waals surface area contributed by atoms with Crippen LogP contribution >= 0.6 is 11.8 Å². The Kier molecular flexibility index (Phi) is 6.84. The number of carbonyl (C=O) groups is 1. The van der Waals surface area contributed by atoms with Crippen LogP contribution in [0.3, 0.4) is 0 Å². The van der Waals surface area contributed by atoms with Crippen LogP contribution in [0.1, 0.15) is 53.3 Å². The fourth-order valence-corrected chi connectivity index (χ4v) is 3.44. The molecular formula is C19H23F3N4O2S. The van der Waals surface area contributed by atoms with Gasteiger partial charge in [0.25, 0.3) is 5.91 Å². The smallest absolute Gasteiger partial charge is 0.381 e. The third-order valence-corrected chi connectivity index (χ3v) is 5.21. The van der Waals surface area contributed by atoms with Crippen molar-refractivity contribution < 1.29 is 22.7 Å². The summed E-state index contributed by atoms with van der Waals surface area (Å²) in [4.78, 5) is 16.5. The fraction of sp³-hybridized carbons (Fsp3) is 0.526. The summed E-state index contributed by atoms with van der Waals surface area (Å²) in [6.45, 7) is 2.00. The molecule has 2 aromatic heterocycles. The standard InChI is InChI=1S/C15H15F3N4OS.C4H8O/c1-22-13(11(15(16,17)18)12(21-22)8-3-4-8)14(23)20-9-5-6-19-10(7-9)24-2;1-2-4-5-3-1/h5-8H,3-4H2,1-2H3,(H,19,20,23);1-4H2. The Labute approximate surface area is 171 Å². The van der Waals surface area contributed by atoms with Gasteiger partial charge in [-0.15, -0.1) is 11.8 Å². The summed E-state index contributed by atoms with van der Waals surface area (Å²) < 4.78 is 46.4. The van der Waals surface area contributed by atoms with Crippen molar-refractivity contribution in [3.05, 3.63) is 35.3 Å². The van der Waals surface area contributed by atoms with Gasteiger partial charge in [0.1, 0.15) is 11.3 Å². The maximum absolute atomic E-state index is 13.5. The summed E-state index contributed by atoms with van der Waals surface area (Å²) in [6.07, 6.45) is 2.58. The number of carbonyl (C=O) groups excluding carboxylic acids is 1. The molecule has 0 unspecified atom stereocenters. The first-order chi connectivity index (χ1) is 13.8. The first-order valence-electron chi connectivity index (χ1n) is 9.34. The lowest BCUT2D eigenvalue weighted by Gasteiger charge is -2.11. The van der Waals surface area contributed by atoms with Crippen molar-refractivity contribution in [1.29, 1.82) is 0 Å². The first-order valence-corrected chi connectivity index (χ1v) is 10.6. The van der Waals surface area contributed by atoms with E-state index in [1.165, 1.54) is 43.9 Å². The molecule has 1 N–H and O–H groups in total. The summed E-state index contributed by atoms with van der Waals surface area (Å²) in [5.41, 5.74) is -1.03. The first kappa shape index (κ1) is 21.6. The van der Waals surface area contributed by atoms with Crippen molar-refractivity contribution in [3.63, 3.8) is 0 Å². The van der Waals surface area contributed by atoms with Gasteiger partial charge >= 0.3 is 6.18 Å². The molecule has 2 aromatic rings. The van der Waals surface area contributed by atoms with Gasteiger partial charge < -0.3 is 10.1 Å². The number of aromatic nitrogens is 3. The van der Waals surface area contributed by atoms with Crippen molar-refractivity contribution in [2.45, 2.75) is 42.8 Å². The van der Waals surface area contributed by atoms with E-state index >= 15 is 0 Å². The Morgan fingerprint density at radius 2 is 2.00 bits per heavy atom. The zero-order valence-corrected chi connectivity index (χ0v) is 17.1. The van der Waals surface area contributed by atoms with Gasteiger partial charge in [0.05, 0.1) is 10.7 Å². The summed E-state index contributed by atoms with van der Waals surface area (Å²) in [6, 6.07) is 3.14.